The Morgan fingerprint density at radius 2 is 1.61 bits per heavy atom. The lowest BCUT2D eigenvalue weighted by atomic mass is 10.0. The van der Waals surface area contributed by atoms with Gasteiger partial charge in [0.15, 0.2) is 0 Å². The molecule has 0 unspecified atom stereocenters. The molecular weight excluding hydrogens is 659 g/mol. The van der Waals surface area contributed by atoms with Gasteiger partial charge in [0.1, 0.15) is 23.5 Å². The van der Waals surface area contributed by atoms with E-state index in [-0.39, 0.29) is 43.2 Å². The van der Waals surface area contributed by atoms with Crippen molar-refractivity contribution in [3.05, 3.63) is 125 Å². The normalized spacial score (nSPS) is 17.4. The van der Waals surface area contributed by atoms with Crippen LogP contribution in [0.3, 0.4) is 0 Å². The van der Waals surface area contributed by atoms with Gasteiger partial charge in [0.2, 0.25) is 11.8 Å². The van der Waals surface area contributed by atoms with Gasteiger partial charge in [-0.1, -0.05) is 60.7 Å². The minimum absolute atomic E-state index is 0.00658. The summed E-state index contributed by atoms with van der Waals surface area (Å²) in [5.41, 5.74) is 8.84. The topological polar surface area (TPSA) is 120 Å². The van der Waals surface area contributed by atoms with E-state index < -0.39 is 28.5 Å². The van der Waals surface area contributed by atoms with Crippen molar-refractivity contribution in [3.8, 4) is 11.5 Å². The van der Waals surface area contributed by atoms with Gasteiger partial charge in [-0.15, -0.1) is 24.9 Å². The summed E-state index contributed by atoms with van der Waals surface area (Å²) in [7, 11) is 0. The highest BCUT2D eigenvalue weighted by Crippen LogP contribution is 2.52. The van der Waals surface area contributed by atoms with E-state index in [1.54, 1.807) is 36.1 Å². The molecule has 1 saturated heterocycles. The average Bonchev–Trinajstić information content (AvgIpc) is 3.34. The first-order chi connectivity index (χ1) is 23.4. The van der Waals surface area contributed by atoms with Gasteiger partial charge in [-0.2, -0.15) is 0 Å². The highest BCUT2D eigenvalue weighted by atomic mass is 32.2. The Morgan fingerprint density at radius 3 is 2.29 bits per heavy atom. The van der Waals surface area contributed by atoms with Crippen molar-refractivity contribution in [2.45, 2.75) is 42.9 Å². The van der Waals surface area contributed by atoms with Crippen LogP contribution in [-0.4, -0.2) is 42.2 Å². The number of anilines is 1. The van der Waals surface area contributed by atoms with Gasteiger partial charge in [-0.3, -0.25) is 14.5 Å². The predicted octanol–water partition coefficient (Wildman–Crippen LogP) is 7.16. The molecule has 3 amide bonds. The van der Waals surface area contributed by atoms with Gasteiger partial charge in [0.05, 0.1) is 11.4 Å². The second kappa shape index (κ2) is 15.4. The van der Waals surface area contributed by atoms with Crippen LogP contribution in [0.4, 0.5) is 23.7 Å². The Kier molecular flexibility index (Phi) is 11.0. The number of thioether (sulfide) groups is 1. The first kappa shape index (κ1) is 35.1. The zero-order valence-electron chi connectivity index (χ0n) is 26.4. The summed E-state index contributed by atoms with van der Waals surface area (Å²) >= 11 is 1.43. The van der Waals surface area contributed by atoms with Gasteiger partial charge < -0.3 is 25.3 Å². The molecule has 9 nitrogen and oxygen atoms in total. The third-order valence-electron chi connectivity index (χ3n) is 7.75. The molecule has 0 radical (unpaired) electrons. The van der Waals surface area contributed by atoms with Crippen molar-refractivity contribution in [2.24, 2.45) is 5.73 Å². The quantitative estimate of drug-likeness (QED) is 0.153. The van der Waals surface area contributed by atoms with E-state index in [1.165, 1.54) is 36.0 Å². The molecule has 4 aromatic rings. The van der Waals surface area contributed by atoms with Crippen LogP contribution in [-0.2, 0) is 22.6 Å². The number of nitrogens with one attached hydrogen (secondary N) is 1. The number of halogens is 3. The molecular formula is C36H34F3N3O6S. The molecule has 0 aliphatic carbocycles. The minimum Gasteiger partial charge on any atom is -0.489 e. The van der Waals surface area contributed by atoms with E-state index in [0.717, 1.165) is 11.1 Å². The zero-order chi connectivity index (χ0) is 35.0. The molecule has 49 heavy (non-hydrogen) atoms. The summed E-state index contributed by atoms with van der Waals surface area (Å²) in [4.78, 5) is 40.1. The molecule has 0 saturated carbocycles. The highest BCUT2D eigenvalue weighted by Gasteiger charge is 2.50. The van der Waals surface area contributed by atoms with Gasteiger partial charge in [-0.25, -0.2) is 4.79 Å². The number of nitrogens with zero attached hydrogens (tertiary/aromatic N) is 1. The van der Waals surface area contributed by atoms with Crippen molar-refractivity contribution in [1.29, 1.82) is 0 Å². The van der Waals surface area contributed by atoms with E-state index in [0.29, 0.717) is 23.6 Å². The number of alkyl halides is 3. The van der Waals surface area contributed by atoms with Crippen LogP contribution in [0.25, 0.3) is 0 Å². The third-order valence-corrected chi connectivity index (χ3v) is 9.36. The first-order valence-corrected chi connectivity index (χ1v) is 16.2. The molecule has 1 aliphatic rings. The monoisotopic (exact) mass is 693 g/mol. The second-order valence-corrected chi connectivity index (χ2v) is 13.0. The molecule has 1 heterocycles. The lowest BCUT2D eigenvalue weighted by Crippen LogP contribution is -2.40. The number of hydrogen-bond donors (Lipinski definition) is 2. The first-order valence-electron chi connectivity index (χ1n) is 15.3. The third kappa shape index (κ3) is 9.47. The number of alkyl carbamates (subject to hydrolysis) is 1. The van der Waals surface area contributed by atoms with Gasteiger partial charge in [-0.05, 0) is 72.5 Å². The highest BCUT2D eigenvalue weighted by molar-refractivity contribution is 8.02. The van der Waals surface area contributed by atoms with Gasteiger partial charge in [0, 0.05) is 24.2 Å². The summed E-state index contributed by atoms with van der Waals surface area (Å²) in [5.74, 6) is -0.492. The number of ether oxygens (including phenoxy) is 3. The molecule has 2 atom stereocenters. The molecule has 3 N–H and O–H groups in total. The lowest BCUT2D eigenvalue weighted by molar-refractivity contribution is -0.274. The molecule has 256 valence electrons. The Labute approximate surface area is 285 Å². The molecule has 1 aliphatic heterocycles. The molecule has 0 aromatic heterocycles. The predicted molar refractivity (Wildman–Crippen MR) is 179 cm³/mol. The number of primary amides is 1. The van der Waals surface area contributed by atoms with Gasteiger partial charge in [0.25, 0.3) is 0 Å². The lowest BCUT2D eigenvalue weighted by Gasteiger charge is -2.25. The summed E-state index contributed by atoms with van der Waals surface area (Å²) in [6.45, 7) is 2.34. The number of nitrogens with two attached hydrogens (primary N) is 1. The maximum Gasteiger partial charge on any atom is 0.573 e. The Balaban J connectivity index is 1.21. The number of benzene rings is 4. The standard InChI is InChI=1S/C36H34F3N3O6S/c1-35(19-20-41-34(45)46-21-18-24-10-14-30(15-11-24)48-36(37,38)39)33(44)42(28-9-5-8-27(22-28)31(40)43)32(49-35)26-12-16-29(17-13-26)47-23-25-6-3-2-4-7-25/h2-17,22,32H,18-21,23H2,1H3,(H2,40,43)(H,41,45)/t32-,35+/m0/s1. The summed E-state index contributed by atoms with van der Waals surface area (Å²) in [6.07, 6.45) is -4.92. The molecule has 0 bridgehead atoms. The largest absolute Gasteiger partial charge is 0.573 e. The smallest absolute Gasteiger partial charge is 0.489 e. The second-order valence-electron chi connectivity index (χ2n) is 11.4. The van der Waals surface area contributed by atoms with Crippen LogP contribution in [0, 0.1) is 0 Å². The van der Waals surface area contributed by atoms with Crippen molar-refractivity contribution in [1.82, 2.24) is 5.32 Å². The van der Waals surface area contributed by atoms with Crippen molar-refractivity contribution in [3.63, 3.8) is 0 Å². The number of hydrogen-bond acceptors (Lipinski definition) is 7. The van der Waals surface area contributed by atoms with Crippen LogP contribution in [0.1, 0.15) is 45.8 Å². The summed E-state index contributed by atoms with van der Waals surface area (Å²) in [6, 6.07) is 29.1. The van der Waals surface area contributed by atoms with Crippen LogP contribution in [0.5, 0.6) is 11.5 Å². The molecule has 13 heteroatoms. The number of carbonyl (C=O) groups is 3. The summed E-state index contributed by atoms with van der Waals surface area (Å²) < 4.78 is 51.2. The van der Waals surface area contributed by atoms with Gasteiger partial charge >= 0.3 is 12.5 Å². The average molecular weight is 694 g/mol. The zero-order valence-corrected chi connectivity index (χ0v) is 27.3. The number of amides is 3. The van der Waals surface area contributed by atoms with E-state index in [9.17, 15) is 27.6 Å². The minimum atomic E-state index is -4.78. The molecule has 5 rings (SSSR count). The molecule has 0 spiro atoms. The Morgan fingerprint density at radius 1 is 0.918 bits per heavy atom. The van der Waals surface area contributed by atoms with Crippen molar-refractivity contribution < 1.29 is 41.8 Å². The van der Waals surface area contributed by atoms with E-state index in [2.05, 4.69) is 10.1 Å². The van der Waals surface area contributed by atoms with Crippen LogP contribution < -0.4 is 25.4 Å². The van der Waals surface area contributed by atoms with Crippen molar-refractivity contribution in [2.75, 3.05) is 18.1 Å². The van der Waals surface area contributed by atoms with E-state index in [1.807, 2.05) is 54.6 Å². The van der Waals surface area contributed by atoms with Crippen molar-refractivity contribution >= 4 is 35.4 Å². The van der Waals surface area contributed by atoms with Crippen LogP contribution >= 0.6 is 11.8 Å². The molecule has 4 aromatic carbocycles. The van der Waals surface area contributed by atoms with Crippen LogP contribution in [0.2, 0.25) is 0 Å². The van der Waals surface area contributed by atoms with E-state index >= 15 is 0 Å². The van der Waals surface area contributed by atoms with Crippen LogP contribution in [0.15, 0.2) is 103 Å². The maximum absolute atomic E-state index is 14.1. The SMILES string of the molecule is C[C@]1(CCNC(=O)OCCc2ccc(OC(F)(F)F)cc2)S[C@@H](c2ccc(OCc3ccccc3)cc2)N(c2cccc(C(N)=O)c2)C1=O. The Bertz CT molecular complexity index is 1760. The maximum atomic E-state index is 14.1. The fourth-order valence-electron chi connectivity index (χ4n) is 5.20. The molecule has 1 fully saturated rings. The number of carbonyl (C=O) groups excluding carboxylic acids is 3. The van der Waals surface area contributed by atoms with E-state index in [4.69, 9.17) is 15.2 Å². The fraction of sp³-hybridized carbons (Fsp3) is 0.250. The number of rotatable bonds is 13. The fourth-order valence-corrected chi connectivity index (χ4v) is 6.73. The Hall–Kier alpha value is -5.17. The summed E-state index contributed by atoms with van der Waals surface area (Å²) in [5, 5.41) is 2.22.